The van der Waals surface area contributed by atoms with Gasteiger partial charge < -0.3 is 20.1 Å². The fraction of sp³-hybridized carbons (Fsp3) is 0.611. The molecule has 1 aliphatic heterocycles. The van der Waals surface area contributed by atoms with Gasteiger partial charge in [-0.2, -0.15) is 13.2 Å². The smallest absolute Gasteiger partial charge is 0.422 e. The van der Waals surface area contributed by atoms with Crippen molar-refractivity contribution < 1.29 is 27.4 Å². The molecule has 0 aromatic heterocycles. The first-order chi connectivity index (χ1) is 12.3. The number of halogens is 3. The molecule has 2 rings (SSSR count). The van der Waals surface area contributed by atoms with E-state index in [9.17, 15) is 18.0 Å². The maximum Gasteiger partial charge on any atom is 0.422 e. The molecule has 5 nitrogen and oxygen atoms in total. The first-order valence-corrected chi connectivity index (χ1v) is 8.67. The summed E-state index contributed by atoms with van der Waals surface area (Å²) < 4.78 is 46.7. The number of aryl methyl sites for hydroxylation is 1. The van der Waals surface area contributed by atoms with Gasteiger partial charge in [0.1, 0.15) is 0 Å². The second-order valence-corrected chi connectivity index (χ2v) is 6.45. The molecule has 1 fully saturated rings. The molecule has 0 radical (unpaired) electrons. The van der Waals surface area contributed by atoms with Crippen LogP contribution in [0.15, 0.2) is 18.2 Å². The van der Waals surface area contributed by atoms with Crippen molar-refractivity contribution in [2.24, 2.45) is 0 Å². The van der Waals surface area contributed by atoms with Gasteiger partial charge in [-0.1, -0.05) is 6.07 Å². The standard InChI is InChI=1S/C18H25F3N2O3/c1-12-14(4-3-9-22-12)23-17(24)8-6-13-5-7-15(16(10-13)25-2)26-11-18(19,20)21/h5,7,10,12,14,22H,3-4,6,8-9,11H2,1-2H3,(H,23,24). The Kier molecular flexibility index (Phi) is 7.14. The molecule has 2 N–H and O–H groups in total. The summed E-state index contributed by atoms with van der Waals surface area (Å²) in [4.78, 5) is 12.1. The summed E-state index contributed by atoms with van der Waals surface area (Å²) in [6.07, 6.45) is -1.65. The predicted molar refractivity (Wildman–Crippen MR) is 91.5 cm³/mol. The van der Waals surface area contributed by atoms with Crippen molar-refractivity contribution in [3.8, 4) is 11.5 Å². The number of rotatable bonds is 7. The van der Waals surface area contributed by atoms with E-state index in [1.807, 2.05) is 0 Å². The highest BCUT2D eigenvalue weighted by Crippen LogP contribution is 2.30. The van der Waals surface area contributed by atoms with Gasteiger partial charge in [0.2, 0.25) is 5.91 Å². The van der Waals surface area contributed by atoms with Crippen LogP contribution in [0, 0.1) is 0 Å². The van der Waals surface area contributed by atoms with Crippen LogP contribution in [0.4, 0.5) is 13.2 Å². The monoisotopic (exact) mass is 374 g/mol. The lowest BCUT2D eigenvalue weighted by Crippen LogP contribution is -2.51. The van der Waals surface area contributed by atoms with Crippen LogP contribution in [0.3, 0.4) is 0 Å². The molecule has 1 aliphatic rings. The molecule has 0 spiro atoms. The number of carbonyl (C=O) groups excluding carboxylic acids is 1. The van der Waals surface area contributed by atoms with Gasteiger partial charge in [-0.25, -0.2) is 0 Å². The summed E-state index contributed by atoms with van der Waals surface area (Å²) in [7, 11) is 1.36. The summed E-state index contributed by atoms with van der Waals surface area (Å²) in [5, 5.41) is 6.36. The number of benzene rings is 1. The van der Waals surface area contributed by atoms with Gasteiger partial charge in [0, 0.05) is 18.5 Å². The van der Waals surface area contributed by atoms with Crippen LogP contribution >= 0.6 is 0 Å². The maximum atomic E-state index is 12.3. The topological polar surface area (TPSA) is 59.6 Å². The Labute approximate surface area is 151 Å². The number of piperidine rings is 1. The van der Waals surface area contributed by atoms with E-state index in [-0.39, 0.29) is 29.5 Å². The van der Waals surface area contributed by atoms with Gasteiger partial charge in [-0.15, -0.1) is 0 Å². The van der Waals surface area contributed by atoms with E-state index in [0.29, 0.717) is 12.8 Å². The van der Waals surface area contributed by atoms with Crippen molar-refractivity contribution in [1.29, 1.82) is 0 Å². The highest BCUT2D eigenvalue weighted by atomic mass is 19.4. The lowest BCUT2D eigenvalue weighted by molar-refractivity contribution is -0.153. The number of alkyl halides is 3. The Morgan fingerprint density at radius 2 is 2.12 bits per heavy atom. The second-order valence-electron chi connectivity index (χ2n) is 6.45. The van der Waals surface area contributed by atoms with E-state index in [4.69, 9.17) is 9.47 Å². The van der Waals surface area contributed by atoms with Crippen LogP contribution in [0.25, 0.3) is 0 Å². The van der Waals surface area contributed by atoms with Crippen molar-refractivity contribution in [2.75, 3.05) is 20.3 Å². The lowest BCUT2D eigenvalue weighted by atomic mass is 9.99. The Morgan fingerprint density at radius 3 is 2.77 bits per heavy atom. The minimum Gasteiger partial charge on any atom is -0.493 e. The average Bonchev–Trinajstić information content (AvgIpc) is 2.59. The summed E-state index contributed by atoms with van der Waals surface area (Å²) in [6, 6.07) is 5.06. The van der Waals surface area contributed by atoms with E-state index in [2.05, 4.69) is 17.6 Å². The largest absolute Gasteiger partial charge is 0.493 e. The molecule has 1 amide bonds. The maximum absolute atomic E-state index is 12.3. The van der Waals surface area contributed by atoms with Crippen LogP contribution in [0.5, 0.6) is 11.5 Å². The molecule has 0 aliphatic carbocycles. The van der Waals surface area contributed by atoms with Crippen molar-refractivity contribution in [1.82, 2.24) is 10.6 Å². The zero-order valence-corrected chi connectivity index (χ0v) is 15.0. The molecule has 1 heterocycles. The third kappa shape index (κ3) is 6.40. The minimum atomic E-state index is -4.41. The highest BCUT2D eigenvalue weighted by Gasteiger charge is 2.29. The quantitative estimate of drug-likeness (QED) is 0.771. The average molecular weight is 374 g/mol. The SMILES string of the molecule is COc1cc(CCC(=O)NC2CCCNC2C)ccc1OCC(F)(F)F. The van der Waals surface area contributed by atoms with Crippen LogP contribution < -0.4 is 20.1 Å². The summed E-state index contributed by atoms with van der Waals surface area (Å²) in [6.45, 7) is 1.64. The van der Waals surface area contributed by atoms with E-state index in [1.54, 1.807) is 12.1 Å². The Morgan fingerprint density at radius 1 is 1.35 bits per heavy atom. The number of ether oxygens (including phenoxy) is 2. The zero-order chi connectivity index (χ0) is 19.2. The van der Waals surface area contributed by atoms with E-state index < -0.39 is 12.8 Å². The number of nitrogens with one attached hydrogen (secondary N) is 2. The molecule has 2 unspecified atom stereocenters. The highest BCUT2D eigenvalue weighted by molar-refractivity contribution is 5.76. The van der Waals surface area contributed by atoms with Crippen LogP contribution in [0.1, 0.15) is 31.7 Å². The van der Waals surface area contributed by atoms with Gasteiger partial charge >= 0.3 is 6.18 Å². The molecule has 0 saturated carbocycles. The first kappa shape index (κ1) is 20.4. The van der Waals surface area contributed by atoms with E-state index in [1.165, 1.54) is 13.2 Å². The fourth-order valence-corrected chi connectivity index (χ4v) is 2.92. The summed E-state index contributed by atoms with van der Waals surface area (Å²) in [5.41, 5.74) is 0.797. The van der Waals surface area contributed by atoms with Crippen molar-refractivity contribution in [3.63, 3.8) is 0 Å². The summed E-state index contributed by atoms with van der Waals surface area (Å²) in [5.74, 6) is 0.208. The Hall–Kier alpha value is -1.96. The van der Waals surface area contributed by atoms with Gasteiger partial charge in [0.05, 0.1) is 7.11 Å². The molecule has 0 bridgehead atoms. The molecule has 146 valence electrons. The van der Waals surface area contributed by atoms with Gasteiger partial charge in [-0.3, -0.25) is 4.79 Å². The molecule has 2 atom stereocenters. The van der Waals surface area contributed by atoms with E-state index >= 15 is 0 Å². The van der Waals surface area contributed by atoms with Gasteiger partial charge in [-0.05, 0) is 50.4 Å². The molecular weight excluding hydrogens is 349 g/mol. The number of hydrogen-bond acceptors (Lipinski definition) is 4. The number of hydrogen-bond donors (Lipinski definition) is 2. The van der Waals surface area contributed by atoms with Crippen LogP contribution in [0.2, 0.25) is 0 Å². The molecule has 1 aromatic rings. The number of carbonyl (C=O) groups is 1. The van der Waals surface area contributed by atoms with Gasteiger partial charge in [0.15, 0.2) is 18.1 Å². The molecule has 1 saturated heterocycles. The summed E-state index contributed by atoms with van der Waals surface area (Å²) >= 11 is 0. The third-order valence-electron chi connectivity index (χ3n) is 4.37. The normalized spacial score (nSPS) is 20.5. The molecule has 1 aromatic carbocycles. The third-order valence-corrected chi connectivity index (χ3v) is 4.37. The minimum absolute atomic E-state index is 0.0279. The number of amides is 1. The van der Waals surface area contributed by atoms with Gasteiger partial charge in [0.25, 0.3) is 0 Å². The Balaban J connectivity index is 1.87. The molecule has 26 heavy (non-hydrogen) atoms. The van der Waals surface area contributed by atoms with Crippen molar-refractivity contribution in [2.45, 2.75) is 50.9 Å². The van der Waals surface area contributed by atoms with Crippen LogP contribution in [-0.4, -0.2) is 44.4 Å². The zero-order valence-electron chi connectivity index (χ0n) is 15.0. The first-order valence-electron chi connectivity index (χ1n) is 8.67. The molecular formula is C18H25F3N2O3. The second kappa shape index (κ2) is 9.12. The number of methoxy groups -OCH3 is 1. The van der Waals surface area contributed by atoms with Crippen molar-refractivity contribution >= 4 is 5.91 Å². The fourth-order valence-electron chi connectivity index (χ4n) is 2.92. The molecule has 8 heteroatoms. The van der Waals surface area contributed by atoms with Crippen molar-refractivity contribution in [3.05, 3.63) is 23.8 Å². The Bertz CT molecular complexity index is 608. The van der Waals surface area contributed by atoms with Crippen LogP contribution in [-0.2, 0) is 11.2 Å². The van der Waals surface area contributed by atoms with E-state index in [0.717, 1.165) is 24.9 Å². The predicted octanol–water partition coefficient (Wildman–Crippen LogP) is 2.83. The lowest BCUT2D eigenvalue weighted by Gasteiger charge is -2.30.